The van der Waals surface area contributed by atoms with Crippen LogP contribution in [0.3, 0.4) is 0 Å². The molecule has 3 nitrogen and oxygen atoms in total. The third-order valence-corrected chi connectivity index (χ3v) is 3.29. The highest BCUT2D eigenvalue weighted by Crippen LogP contribution is 2.26. The molecule has 2 aliphatic rings. The van der Waals surface area contributed by atoms with Crippen molar-refractivity contribution in [2.24, 2.45) is 17.6 Å². The molecule has 2 atom stereocenters. The highest BCUT2D eigenvalue weighted by Gasteiger charge is 2.28. The Morgan fingerprint density at radius 1 is 1.38 bits per heavy atom. The lowest BCUT2D eigenvalue weighted by atomic mass is 9.81. The van der Waals surface area contributed by atoms with E-state index in [9.17, 15) is 0 Å². The zero-order valence-corrected chi connectivity index (χ0v) is 8.33. The third kappa shape index (κ3) is 2.22. The summed E-state index contributed by atoms with van der Waals surface area (Å²) in [4.78, 5) is 0. The van der Waals surface area contributed by atoms with E-state index in [4.69, 9.17) is 10.5 Å². The van der Waals surface area contributed by atoms with Crippen LogP contribution in [-0.4, -0.2) is 31.8 Å². The summed E-state index contributed by atoms with van der Waals surface area (Å²) in [6.45, 7) is 4.94. The predicted molar refractivity (Wildman–Crippen MR) is 52.5 cm³/mol. The molecule has 13 heavy (non-hydrogen) atoms. The number of nitrogens with one attached hydrogen (secondary N) is 1. The molecule has 1 aliphatic heterocycles. The quantitative estimate of drug-likeness (QED) is 0.665. The minimum absolute atomic E-state index is 0.255. The standard InChI is InChI=1S/C10H20N2O/c1-7-2-9(3-7)12-4-8-5-13-6-10(8)11/h7-10,12H,2-6,11H2,1H3. The molecule has 3 heteroatoms. The van der Waals surface area contributed by atoms with Gasteiger partial charge in [0.25, 0.3) is 0 Å². The number of hydrogen-bond donors (Lipinski definition) is 2. The number of nitrogens with two attached hydrogens (primary N) is 1. The van der Waals surface area contributed by atoms with Crippen LogP contribution in [0.25, 0.3) is 0 Å². The van der Waals surface area contributed by atoms with Gasteiger partial charge in [-0.25, -0.2) is 0 Å². The summed E-state index contributed by atoms with van der Waals surface area (Å²) in [5.41, 5.74) is 5.89. The third-order valence-electron chi connectivity index (χ3n) is 3.29. The van der Waals surface area contributed by atoms with Gasteiger partial charge in [-0.1, -0.05) is 6.92 Å². The Labute approximate surface area is 80.0 Å². The Hall–Kier alpha value is -0.120. The Balaban J connectivity index is 1.62. The Kier molecular flexibility index (Phi) is 2.86. The van der Waals surface area contributed by atoms with E-state index in [-0.39, 0.29) is 6.04 Å². The average molecular weight is 184 g/mol. The largest absolute Gasteiger partial charge is 0.379 e. The first-order valence-electron chi connectivity index (χ1n) is 5.32. The van der Waals surface area contributed by atoms with E-state index in [2.05, 4.69) is 12.2 Å². The highest BCUT2D eigenvalue weighted by atomic mass is 16.5. The monoisotopic (exact) mass is 184 g/mol. The van der Waals surface area contributed by atoms with Crippen molar-refractivity contribution in [3.8, 4) is 0 Å². The minimum atomic E-state index is 0.255. The molecule has 0 amide bonds. The molecular weight excluding hydrogens is 164 g/mol. The second-order valence-electron chi connectivity index (χ2n) is 4.64. The van der Waals surface area contributed by atoms with Crippen molar-refractivity contribution >= 4 is 0 Å². The van der Waals surface area contributed by atoms with Crippen LogP contribution >= 0.6 is 0 Å². The summed E-state index contributed by atoms with van der Waals surface area (Å²) < 4.78 is 5.31. The molecule has 1 saturated heterocycles. The molecular formula is C10H20N2O. The van der Waals surface area contributed by atoms with E-state index in [1.165, 1.54) is 12.8 Å². The topological polar surface area (TPSA) is 47.3 Å². The predicted octanol–water partition coefficient (Wildman–Crippen LogP) is 0.348. The van der Waals surface area contributed by atoms with Gasteiger partial charge in [-0.3, -0.25) is 0 Å². The lowest BCUT2D eigenvalue weighted by Crippen LogP contribution is -2.45. The summed E-state index contributed by atoms with van der Waals surface area (Å²) in [5.74, 6) is 1.46. The van der Waals surface area contributed by atoms with Gasteiger partial charge in [0, 0.05) is 24.5 Å². The molecule has 76 valence electrons. The first kappa shape index (κ1) is 9.44. The van der Waals surface area contributed by atoms with Crippen molar-refractivity contribution < 1.29 is 4.74 Å². The molecule has 1 heterocycles. The van der Waals surface area contributed by atoms with E-state index in [1.807, 2.05) is 0 Å². The smallest absolute Gasteiger partial charge is 0.0621 e. The van der Waals surface area contributed by atoms with Gasteiger partial charge in [-0.15, -0.1) is 0 Å². The summed E-state index contributed by atoms with van der Waals surface area (Å²) in [6, 6.07) is 1.01. The van der Waals surface area contributed by atoms with E-state index in [0.29, 0.717) is 5.92 Å². The molecule has 0 bridgehead atoms. The number of rotatable bonds is 3. The average Bonchev–Trinajstić information content (AvgIpc) is 2.43. The molecule has 3 N–H and O–H groups in total. The lowest BCUT2D eigenvalue weighted by molar-refractivity contribution is 0.178. The SMILES string of the molecule is CC1CC(NCC2COCC2N)C1. The fourth-order valence-electron chi connectivity index (χ4n) is 2.21. The zero-order chi connectivity index (χ0) is 9.26. The van der Waals surface area contributed by atoms with Crippen LogP contribution in [0, 0.1) is 11.8 Å². The first-order valence-corrected chi connectivity index (χ1v) is 5.32. The highest BCUT2D eigenvalue weighted by molar-refractivity contribution is 4.86. The van der Waals surface area contributed by atoms with E-state index in [1.54, 1.807) is 0 Å². The van der Waals surface area contributed by atoms with Gasteiger partial charge in [0.15, 0.2) is 0 Å². The molecule has 0 spiro atoms. The lowest BCUT2D eigenvalue weighted by Gasteiger charge is -2.34. The van der Waals surface area contributed by atoms with E-state index in [0.717, 1.165) is 31.7 Å². The van der Waals surface area contributed by atoms with Gasteiger partial charge in [0.05, 0.1) is 13.2 Å². The van der Waals surface area contributed by atoms with Crippen LogP contribution < -0.4 is 11.1 Å². The van der Waals surface area contributed by atoms with Gasteiger partial charge in [-0.05, 0) is 18.8 Å². The molecule has 1 aliphatic carbocycles. The summed E-state index contributed by atoms with van der Waals surface area (Å²) in [5, 5.41) is 3.56. The molecule has 1 saturated carbocycles. The maximum absolute atomic E-state index is 5.89. The molecule has 0 aromatic rings. The Morgan fingerprint density at radius 2 is 2.15 bits per heavy atom. The second-order valence-corrected chi connectivity index (χ2v) is 4.64. The minimum Gasteiger partial charge on any atom is -0.379 e. The van der Waals surface area contributed by atoms with Crippen molar-refractivity contribution in [1.29, 1.82) is 0 Å². The number of ether oxygens (including phenoxy) is 1. The second kappa shape index (κ2) is 3.95. The summed E-state index contributed by atoms with van der Waals surface area (Å²) in [7, 11) is 0. The van der Waals surface area contributed by atoms with Crippen LogP contribution in [0.4, 0.5) is 0 Å². The molecule has 2 rings (SSSR count). The van der Waals surface area contributed by atoms with Crippen LogP contribution in [0.15, 0.2) is 0 Å². The van der Waals surface area contributed by atoms with Crippen molar-refractivity contribution in [2.45, 2.75) is 31.8 Å². The van der Waals surface area contributed by atoms with Crippen LogP contribution in [0.5, 0.6) is 0 Å². The fraction of sp³-hybridized carbons (Fsp3) is 1.00. The van der Waals surface area contributed by atoms with Crippen LogP contribution in [0.1, 0.15) is 19.8 Å². The fourth-order valence-corrected chi connectivity index (χ4v) is 2.21. The van der Waals surface area contributed by atoms with Crippen molar-refractivity contribution in [2.75, 3.05) is 19.8 Å². The summed E-state index contributed by atoms with van der Waals surface area (Å²) >= 11 is 0. The molecule has 2 fully saturated rings. The van der Waals surface area contributed by atoms with Crippen LogP contribution in [0.2, 0.25) is 0 Å². The van der Waals surface area contributed by atoms with Crippen molar-refractivity contribution in [3.63, 3.8) is 0 Å². The van der Waals surface area contributed by atoms with Crippen molar-refractivity contribution in [1.82, 2.24) is 5.32 Å². The Bertz CT molecular complexity index is 168. The number of hydrogen-bond acceptors (Lipinski definition) is 3. The van der Waals surface area contributed by atoms with E-state index >= 15 is 0 Å². The normalized spacial score (nSPS) is 44.8. The van der Waals surface area contributed by atoms with Gasteiger partial charge in [0.1, 0.15) is 0 Å². The maximum Gasteiger partial charge on any atom is 0.0621 e. The molecule has 0 radical (unpaired) electrons. The van der Waals surface area contributed by atoms with Gasteiger partial charge in [0.2, 0.25) is 0 Å². The molecule has 0 aromatic carbocycles. The first-order chi connectivity index (χ1) is 6.25. The zero-order valence-electron chi connectivity index (χ0n) is 8.33. The maximum atomic E-state index is 5.89. The Morgan fingerprint density at radius 3 is 2.69 bits per heavy atom. The van der Waals surface area contributed by atoms with Gasteiger partial charge >= 0.3 is 0 Å². The van der Waals surface area contributed by atoms with Crippen LogP contribution in [-0.2, 0) is 4.74 Å². The molecule has 2 unspecified atom stereocenters. The molecule has 0 aromatic heterocycles. The van der Waals surface area contributed by atoms with Gasteiger partial charge in [-0.2, -0.15) is 0 Å². The summed E-state index contributed by atoms with van der Waals surface area (Å²) in [6.07, 6.45) is 2.67. The van der Waals surface area contributed by atoms with Crippen molar-refractivity contribution in [3.05, 3.63) is 0 Å². The van der Waals surface area contributed by atoms with E-state index < -0.39 is 0 Å². The van der Waals surface area contributed by atoms with Gasteiger partial charge < -0.3 is 15.8 Å².